The fourth-order valence-corrected chi connectivity index (χ4v) is 8.57. The van der Waals surface area contributed by atoms with Gasteiger partial charge in [0.1, 0.15) is 11.8 Å². The second-order valence-corrected chi connectivity index (χ2v) is 11.7. The molecule has 4 rings (SSSR count). The topological polar surface area (TPSA) is 108 Å². The summed E-state index contributed by atoms with van der Waals surface area (Å²) in [5.74, 6) is -0.593. The van der Waals surface area contributed by atoms with Crippen molar-refractivity contribution in [2.24, 2.45) is 17.8 Å². The predicted octanol–water partition coefficient (Wildman–Crippen LogP) is 2.66. The van der Waals surface area contributed by atoms with Crippen molar-refractivity contribution in [1.29, 1.82) is 0 Å². The molecule has 6 atom stereocenters. The number of anilines is 1. The number of rotatable bonds is 10. The molecule has 2 bridgehead atoms. The Morgan fingerprint density at radius 1 is 1.23 bits per heavy atom. The zero-order valence-corrected chi connectivity index (χ0v) is 21.8. The van der Waals surface area contributed by atoms with Crippen LogP contribution in [0.2, 0.25) is 0 Å². The number of aliphatic hydroxyl groups is 1. The zero-order valence-electron chi connectivity index (χ0n) is 21.0. The molecule has 1 spiro atoms. The summed E-state index contributed by atoms with van der Waals surface area (Å²) in [6, 6.07) is 6.57. The minimum atomic E-state index is -0.624. The van der Waals surface area contributed by atoms with Crippen LogP contribution < -0.4 is 15.4 Å². The third-order valence-electron chi connectivity index (χ3n) is 7.47. The SMILES string of the molecule is CCOc1ccc(NC(=O)[C@@H]2[C@@H]3CC(C)C4(S3)C(C(=O)NC(C)C)N(CCCCO)C(=O)[C@H]24)cc1. The number of hydrogen-bond acceptors (Lipinski definition) is 6. The number of fused-ring (bicyclic) bond motifs is 1. The van der Waals surface area contributed by atoms with Crippen LogP contribution in [0.25, 0.3) is 0 Å². The Morgan fingerprint density at radius 2 is 1.94 bits per heavy atom. The molecule has 1 aromatic carbocycles. The summed E-state index contributed by atoms with van der Waals surface area (Å²) in [4.78, 5) is 42.6. The van der Waals surface area contributed by atoms with Crippen LogP contribution in [0.15, 0.2) is 24.3 Å². The van der Waals surface area contributed by atoms with Crippen LogP contribution in [0.3, 0.4) is 0 Å². The van der Waals surface area contributed by atoms with Crippen molar-refractivity contribution < 1.29 is 24.2 Å². The molecule has 0 radical (unpaired) electrons. The number of unbranched alkanes of at least 4 members (excludes halogenated alkanes) is 1. The van der Waals surface area contributed by atoms with E-state index in [1.165, 1.54) is 0 Å². The molecule has 0 aromatic heterocycles. The Bertz CT molecular complexity index is 955. The van der Waals surface area contributed by atoms with Crippen molar-refractivity contribution in [2.45, 2.75) is 69.0 Å². The van der Waals surface area contributed by atoms with E-state index in [1.807, 2.05) is 32.9 Å². The molecule has 0 saturated carbocycles. The molecule has 3 amide bonds. The molecule has 8 nitrogen and oxygen atoms in total. The molecule has 3 N–H and O–H groups in total. The predicted molar refractivity (Wildman–Crippen MR) is 136 cm³/mol. The van der Waals surface area contributed by atoms with Crippen molar-refractivity contribution >= 4 is 35.2 Å². The molecule has 3 heterocycles. The zero-order chi connectivity index (χ0) is 25.3. The highest BCUT2D eigenvalue weighted by atomic mass is 32.2. The van der Waals surface area contributed by atoms with Gasteiger partial charge in [0.15, 0.2) is 0 Å². The monoisotopic (exact) mass is 503 g/mol. The molecule has 1 aromatic rings. The first-order valence-electron chi connectivity index (χ1n) is 12.7. The van der Waals surface area contributed by atoms with Crippen LogP contribution >= 0.6 is 11.8 Å². The van der Waals surface area contributed by atoms with Crippen molar-refractivity contribution in [2.75, 3.05) is 25.1 Å². The van der Waals surface area contributed by atoms with Crippen molar-refractivity contribution in [3.05, 3.63) is 24.3 Å². The Kier molecular flexibility index (Phi) is 7.66. The number of aliphatic hydroxyl groups excluding tert-OH is 1. The van der Waals surface area contributed by atoms with Gasteiger partial charge in [-0.1, -0.05) is 6.92 Å². The van der Waals surface area contributed by atoms with Gasteiger partial charge < -0.3 is 25.4 Å². The number of nitrogens with zero attached hydrogens (tertiary/aromatic N) is 1. The van der Waals surface area contributed by atoms with Gasteiger partial charge in [-0.25, -0.2) is 0 Å². The Hall–Kier alpha value is -2.26. The van der Waals surface area contributed by atoms with E-state index in [9.17, 15) is 19.5 Å². The summed E-state index contributed by atoms with van der Waals surface area (Å²) in [5, 5.41) is 15.3. The summed E-state index contributed by atoms with van der Waals surface area (Å²) in [6.45, 7) is 8.86. The Morgan fingerprint density at radius 3 is 2.57 bits per heavy atom. The standard InChI is InChI=1S/C26H37N3O5S/c1-5-34-18-10-8-17(9-11-18)28-23(31)20-19-14-16(4)26(35-19)21(20)25(33)29(12-6-7-13-30)22(26)24(32)27-15(2)3/h8-11,15-16,19-22,30H,5-7,12-14H2,1-4H3,(H,27,32)(H,28,31)/t16?,19-,20+,21-,22?,26?/m0/s1. The van der Waals surface area contributed by atoms with E-state index in [-0.39, 0.29) is 41.5 Å². The average molecular weight is 504 g/mol. The van der Waals surface area contributed by atoms with Crippen LogP contribution in [0, 0.1) is 17.8 Å². The summed E-state index contributed by atoms with van der Waals surface area (Å²) >= 11 is 1.67. The molecule has 3 aliphatic rings. The third-order valence-corrected chi connectivity index (χ3v) is 9.54. The fraction of sp³-hybridized carbons (Fsp3) is 0.654. The molecule has 35 heavy (non-hydrogen) atoms. The maximum Gasteiger partial charge on any atom is 0.244 e. The van der Waals surface area contributed by atoms with Gasteiger partial charge in [-0.2, -0.15) is 0 Å². The summed E-state index contributed by atoms with van der Waals surface area (Å²) in [5.41, 5.74) is 0.660. The minimum absolute atomic E-state index is 0.00408. The van der Waals surface area contributed by atoms with E-state index in [0.29, 0.717) is 31.7 Å². The van der Waals surface area contributed by atoms with E-state index in [0.717, 1.165) is 12.2 Å². The molecule has 3 fully saturated rings. The fourth-order valence-electron chi connectivity index (χ4n) is 6.14. The Labute approximate surface area is 211 Å². The van der Waals surface area contributed by atoms with Crippen LogP contribution in [-0.4, -0.2) is 69.6 Å². The van der Waals surface area contributed by atoms with Crippen LogP contribution in [-0.2, 0) is 14.4 Å². The van der Waals surface area contributed by atoms with Crippen molar-refractivity contribution in [3.8, 4) is 5.75 Å². The maximum atomic E-state index is 13.9. The number of nitrogens with one attached hydrogen (secondary N) is 2. The van der Waals surface area contributed by atoms with E-state index in [1.54, 1.807) is 28.8 Å². The number of thioether (sulfide) groups is 1. The van der Waals surface area contributed by atoms with Crippen molar-refractivity contribution in [1.82, 2.24) is 10.2 Å². The lowest BCUT2D eigenvalue weighted by Gasteiger charge is -2.39. The maximum absolute atomic E-state index is 13.9. The van der Waals surface area contributed by atoms with E-state index < -0.39 is 22.6 Å². The molecular weight excluding hydrogens is 466 g/mol. The Balaban J connectivity index is 1.62. The average Bonchev–Trinajstić information content (AvgIpc) is 3.39. The van der Waals surface area contributed by atoms with E-state index in [4.69, 9.17) is 4.74 Å². The highest BCUT2D eigenvalue weighted by Gasteiger charge is 2.75. The summed E-state index contributed by atoms with van der Waals surface area (Å²) < 4.78 is 4.86. The number of amides is 3. The molecule has 3 unspecified atom stereocenters. The second kappa shape index (κ2) is 10.4. The quantitative estimate of drug-likeness (QED) is 0.424. The van der Waals surface area contributed by atoms with Crippen LogP contribution in [0.5, 0.6) is 5.75 Å². The smallest absolute Gasteiger partial charge is 0.244 e. The lowest BCUT2D eigenvalue weighted by molar-refractivity contribution is -0.139. The highest BCUT2D eigenvalue weighted by molar-refractivity contribution is 8.02. The number of benzene rings is 1. The highest BCUT2D eigenvalue weighted by Crippen LogP contribution is 2.68. The summed E-state index contributed by atoms with van der Waals surface area (Å²) in [6.07, 6.45) is 1.97. The second-order valence-electron chi connectivity index (χ2n) is 10.1. The first kappa shape index (κ1) is 25.8. The number of carbonyl (C=O) groups excluding carboxylic acids is 3. The molecule has 0 aliphatic carbocycles. The first-order valence-corrected chi connectivity index (χ1v) is 13.6. The lowest BCUT2D eigenvalue weighted by Crippen LogP contribution is -2.57. The minimum Gasteiger partial charge on any atom is -0.494 e. The van der Waals surface area contributed by atoms with E-state index in [2.05, 4.69) is 17.6 Å². The molecular formula is C26H37N3O5S. The van der Waals surface area contributed by atoms with Gasteiger partial charge in [0.05, 0.1) is 23.2 Å². The number of carbonyl (C=O) groups is 3. The van der Waals surface area contributed by atoms with Gasteiger partial charge in [0.25, 0.3) is 0 Å². The van der Waals surface area contributed by atoms with Gasteiger partial charge in [0.2, 0.25) is 17.7 Å². The van der Waals surface area contributed by atoms with Crippen LogP contribution in [0.1, 0.15) is 47.0 Å². The number of ether oxygens (including phenoxy) is 1. The van der Waals surface area contributed by atoms with Gasteiger partial charge >= 0.3 is 0 Å². The van der Waals surface area contributed by atoms with Crippen LogP contribution in [0.4, 0.5) is 5.69 Å². The van der Waals surface area contributed by atoms with Crippen molar-refractivity contribution in [3.63, 3.8) is 0 Å². The number of hydrogen-bond donors (Lipinski definition) is 3. The summed E-state index contributed by atoms with van der Waals surface area (Å²) in [7, 11) is 0. The van der Waals surface area contributed by atoms with Gasteiger partial charge in [-0.3, -0.25) is 14.4 Å². The normalized spacial score (nSPS) is 31.1. The molecule has 9 heteroatoms. The molecule has 192 valence electrons. The van der Waals surface area contributed by atoms with Gasteiger partial charge in [-0.05, 0) is 70.2 Å². The van der Waals surface area contributed by atoms with Gasteiger partial charge in [0, 0.05) is 30.1 Å². The lowest BCUT2D eigenvalue weighted by atomic mass is 9.66. The number of likely N-dealkylation sites (tertiary alicyclic amines) is 1. The molecule has 3 saturated heterocycles. The third kappa shape index (κ3) is 4.53. The largest absolute Gasteiger partial charge is 0.494 e. The van der Waals surface area contributed by atoms with E-state index >= 15 is 0 Å². The molecule has 3 aliphatic heterocycles. The van der Waals surface area contributed by atoms with Gasteiger partial charge in [-0.15, -0.1) is 11.8 Å². The first-order chi connectivity index (χ1) is 16.7.